The molecule has 96 valence electrons. The van der Waals surface area contributed by atoms with Crippen molar-refractivity contribution in [1.82, 2.24) is 15.2 Å². The van der Waals surface area contributed by atoms with Gasteiger partial charge in [-0.1, -0.05) is 11.6 Å². The van der Waals surface area contributed by atoms with Crippen molar-refractivity contribution in [2.24, 2.45) is 0 Å². The zero-order valence-electron chi connectivity index (χ0n) is 9.47. The lowest BCUT2D eigenvalue weighted by atomic mass is 10.1. The number of aromatic nitrogens is 1. The highest BCUT2D eigenvalue weighted by molar-refractivity contribution is 6.32. The molecule has 2 N–H and O–H groups in total. The lowest BCUT2D eigenvalue weighted by Crippen LogP contribution is -2.55. The summed E-state index contributed by atoms with van der Waals surface area (Å²) < 4.78 is 0. The summed E-state index contributed by atoms with van der Waals surface area (Å²) in [5, 5.41) is 11.9. The topological polar surface area (TPSA) is 82.5 Å². The van der Waals surface area contributed by atoms with Crippen LogP contribution in [0.1, 0.15) is 10.4 Å². The number of nitrogens with one attached hydrogen (secondary N) is 1. The molecular formula is C11H12ClN3O3. The van der Waals surface area contributed by atoms with E-state index in [9.17, 15) is 9.59 Å². The second-order valence-electron chi connectivity index (χ2n) is 3.94. The van der Waals surface area contributed by atoms with Gasteiger partial charge in [-0.15, -0.1) is 0 Å². The number of carboxylic acids is 1. The summed E-state index contributed by atoms with van der Waals surface area (Å²) >= 11 is 5.85. The molecular weight excluding hydrogens is 258 g/mol. The van der Waals surface area contributed by atoms with E-state index in [1.807, 2.05) is 0 Å². The van der Waals surface area contributed by atoms with Crippen LogP contribution in [0.4, 0.5) is 0 Å². The van der Waals surface area contributed by atoms with Crippen molar-refractivity contribution in [2.45, 2.75) is 6.04 Å². The third-order valence-electron chi connectivity index (χ3n) is 2.75. The average Bonchev–Trinajstić information content (AvgIpc) is 2.38. The van der Waals surface area contributed by atoms with Gasteiger partial charge in [-0.2, -0.15) is 0 Å². The van der Waals surface area contributed by atoms with Gasteiger partial charge >= 0.3 is 5.97 Å². The Balaban J connectivity index is 2.14. The summed E-state index contributed by atoms with van der Waals surface area (Å²) in [7, 11) is 0. The van der Waals surface area contributed by atoms with Crippen LogP contribution in [0.15, 0.2) is 18.3 Å². The molecule has 1 aliphatic heterocycles. The molecule has 2 rings (SSSR count). The van der Waals surface area contributed by atoms with E-state index in [-0.39, 0.29) is 17.6 Å². The number of pyridine rings is 1. The van der Waals surface area contributed by atoms with Crippen molar-refractivity contribution in [3.63, 3.8) is 0 Å². The SMILES string of the molecule is O=C(O)[C@@H]1CN(C(=O)c2cccnc2Cl)CCN1. The number of piperazine rings is 1. The predicted octanol–water partition coefficient (Wildman–Crippen LogP) is 0.234. The van der Waals surface area contributed by atoms with Crippen molar-refractivity contribution in [1.29, 1.82) is 0 Å². The Morgan fingerprint density at radius 2 is 2.33 bits per heavy atom. The molecule has 1 saturated heterocycles. The highest BCUT2D eigenvalue weighted by Crippen LogP contribution is 2.15. The molecule has 1 amide bonds. The summed E-state index contributed by atoms with van der Waals surface area (Å²) in [5.74, 6) is -1.26. The molecule has 1 fully saturated rings. The Morgan fingerprint density at radius 3 is 3.00 bits per heavy atom. The van der Waals surface area contributed by atoms with E-state index in [0.717, 1.165) is 0 Å². The first kappa shape index (κ1) is 12.8. The maximum absolute atomic E-state index is 12.2. The first-order valence-electron chi connectivity index (χ1n) is 5.45. The number of hydrogen-bond donors (Lipinski definition) is 2. The Bertz CT molecular complexity index is 480. The number of carbonyl (C=O) groups is 2. The lowest BCUT2D eigenvalue weighted by Gasteiger charge is -2.31. The van der Waals surface area contributed by atoms with Crippen LogP contribution in [0.5, 0.6) is 0 Å². The minimum absolute atomic E-state index is 0.124. The van der Waals surface area contributed by atoms with E-state index in [1.54, 1.807) is 12.1 Å². The monoisotopic (exact) mass is 269 g/mol. The molecule has 1 aromatic rings. The summed E-state index contributed by atoms with van der Waals surface area (Å²) in [4.78, 5) is 28.4. The largest absolute Gasteiger partial charge is 0.480 e. The Kier molecular flexibility index (Phi) is 3.78. The number of rotatable bonds is 2. The van der Waals surface area contributed by atoms with Crippen molar-refractivity contribution < 1.29 is 14.7 Å². The Morgan fingerprint density at radius 1 is 1.56 bits per heavy atom. The molecule has 1 atom stereocenters. The summed E-state index contributed by atoms with van der Waals surface area (Å²) in [5.41, 5.74) is 0.296. The fourth-order valence-electron chi connectivity index (χ4n) is 1.82. The fourth-order valence-corrected chi connectivity index (χ4v) is 2.02. The zero-order valence-corrected chi connectivity index (χ0v) is 10.2. The van der Waals surface area contributed by atoms with E-state index in [0.29, 0.717) is 18.7 Å². The van der Waals surface area contributed by atoms with Gasteiger partial charge in [0, 0.05) is 25.8 Å². The van der Waals surface area contributed by atoms with Crippen LogP contribution < -0.4 is 5.32 Å². The van der Waals surface area contributed by atoms with E-state index in [4.69, 9.17) is 16.7 Å². The van der Waals surface area contributed by atoms with Crippen LogP contribution in [0.2, 0.25) is 5.15 Å². The molecule has 0 bridgehead atoms. The van der Waals surface area contributed by atoms with Crippen LogP contribution in [-0.4, -0.2) is 52.5 Å². The highest BCUT2D eigenvalue weighted by Gasteiger charge is 2.29. The number of halogens is 1. The fraction of sp³-hybridized carbons (Fsp3) is 0.364. The van der Waals surface area contributed by atoms with E-state index < -0.39 is 12.0 Å². The van der Waals surface area contributed by atoms with Crippen molar-refractivity contribution in [3.8, 4) is 0 Å². The summed E-state index contributed by atoms with van der Waals surface area (Å²) in [6.07, 6.45) is 1.50. The molecule has 0 saturated carbocycles. The molecule has 6 nitrogen and oxygen atoms in total. The van der Waals surface area contributed by atoms with Crippen molar-refractivity contribution >= 4 is 23.5 Å². The smallest absolute Gasteiger partial charge is 0.322 e. The molecule has 0 spiro atoms. The number of hydrogen-bond acceptors (Lipinski definition) is 4. The van der Waals surface area contributed by atoms with Gasteiger partial charge in [-0.25, -0.2) is 4.98 Å². The highest BCUT2D eigenvalue weighted by atomic mass is 35.5. The lowest BCUT2D eigenvalue weighted by molar-refractivity contribution is -0.140. The second kappa shape index (κ2) is 5.32. The van der Waals surface area contributed by atoms with Crippen LogP contribution in [-0.2, 0) is 4.79 Å². The first-order valence-corrected chi connectivity index (χ1v) is 5.83. The first-order chi connectivity index (χ1) is 8.59. The van der Waals surface area contributed by atoms with Crippen LogP contribution in [0, 0.1) is 0 Å². The molecule has 18 heavy (non-hydrogen) atoms. The molecule has 0 radical (unpaired) electrons. The number of amides is 1. The van der Waals surface area contributed by atoms with Gasteiger partial charge in [-0.3, -0.25) is 9.59 Å². The van der Waals surface area contributed by atoms with Crippen LogP contribution in [0.3, 0.4) is 0 Å². The van der Waals surface area contributed by atoms with Gasteiger partial charge < -0.3 is 15.3 Å². The van der Waals surface area contributed by atoms with Gasteiger partial charge in [-0.05, 0) is 12.1 Å². The van der Waals surface area contributed by atoms with Crippen LogP contribution in [0.25, 0.3) is 0 Å². The second-order valence-corrected chi connectivity index (χ2v) is 4.30. The Hall–Kier alpha value is -1.66. The van der Waals surface area contributed by atoms with Gasteiger partial charge in [0.25, 0.3) is 5.91 Å². The van der Waals surface area contributed by atoms with Crippen LogP contribution >= 0.6 is 11.6 Å². The summed E-state index contributed by atoms with van der Waals surface area (Å²) in [6, 6.07) is 2.46. The normalized spacial score (nSPS) is 19.6. The van der Waals surface area contributed by atoms with Gasteiger partial charge in [0.15, 0.2) is 0 Å². The van der Waals surface area contributed by atoms with E-state index in [1.165, 1.54) is 11.1 Å². The van der Waals surface area contributed by atoms with Crippen molar-refractivity contribution in [3.05, 3.63) is 29.0 Å². The third kappa shape index (κ3) is 2.60. The summed E-state index contributed by atoms with van der Waals surface area (Å²) in [6.45, 7) is 1.02. The minimum Gasteiger partial charge on any atom is -0.480 e. The van der Waals surface area contributed by atoms with Crippen molar-refractivity contribution in [2.75, 3.05) is 19.6 Å². The number of carbonyl (C=O) groups excluding carboxylic acids is 1. The molecule has 1 aromatic heterocycles. The molecule has 0 aromatic carbocycles. The average molecular weight is 270 g/mol. The quantitative estimate of drug-likeness (QED) is 0.751. The minimum atomic E-state index is -0.968. The molecule has 2 heterocycles. The maximum atomic E-state index is 12.2. The third-order valence-corrected chi connectivity index (χ3v) is 3.05. The van der Waals surface area contributed by atoms with E-state index >= 15 is 0 Å². The maximum Gasteiger partial charge on any atom is 0.322 e. The van der Waals surface area contributed by atoms with Gasteiger partial charge in [0.1, 0.15) is 11.2 Å². The number of nitrogens with zero attached hydrogens (tertiary/aromatic N) is 2. The van der Waals surface area contributed by atoms with E-state index in [2.05, 4.69) is 10.3 Å². The number of carboxylic acid groups (broad SMARTS) is 1. The standard InChI is InChI=1S/C11H12ClN3O3/c12-9-7(2-1-3-14-9)10(16)15-5-4-13-8(6-15)11(17)18/h1-3,8,13H,4-6H2,(H,17,18)/t8-/m0/s1. The molecule has 0 unspecified atom stereocenters. The predicted molar refractivity (Wildman–Crippen MR) is 64.6 cm³/mol. The zero-order chi connectivity index (χ0) is 13.1. The molecule has 0 aliphatic carbocycles. The molecule has 1 aliphatic rings. The van der Waals surface area contributed by atoms with Gasteiger partial charge in [0.2, 0.25) is 0 Å². The van der Waals surface area contributed by atoms with Gasteiger partial charge in [0.05, 0.1) is 5.56 Å². The Labute approximate surface area is 109 Å². The molecule has 7 heteroatoms. The number of aliphatic carboxylic acids is 1.